The van der Waals surface area contributed by atoms with E-state index in [2.05, 4.69) is 48.1 Å². The fourth-order valence-electron chi connectivity index (χ4n) is 3.09. The van der Waals surface area contributed by atoms with E-state index in [1.807, 2.05) is 0 Å². The zero-order valence-electron chi connectivity index (χ0n) is 11.9. The lowest BCUT2D eigenvalue weighted by molar-refractivity contribution is 0.320. The van der Waals surface area contributed by atoms with E-state index >= 15 is 0 Å². The molecule has 1 aromatic heterocycles. The predicted molar refractivity (Wildman–Crippen MR) is 79.3 cm³/mol. The Labute approximate surface area is 115 Å². The van der Waals surface area contributed by atoms with Crippen LogP contribution in [0.4, 0.5) is 0 Å². The first-order valence-corrected chi connectivity index (χ1v) is 7.45. The summed E-state index contributed by atoms with van der Waals surface area (Å²) < 4.78 is 2.13. The summed E-state index contributed by atoms with van der Waals surface area (Å²) in [7, 11) is 0. The molecule has 1 aromatic carbocycles. The summed E-state index contributed by atoms with van der Waals surface area (Å²) in [5, 5.41) is 9.73. The molecule has 3 nitrogen and oxygen atoms in total. The first kappa shape index (κ1) is 12.7. The van der Waals surface area contributed by atoms with Gasteiger partial charge in [0.2, 0.25) is 0 Å². The van der Waals surface area contributed by atoms with Gasteiger partial charge in [-0.05, 0) is 51.6 Å². The number of benzene rings is 1. The summed E-state index contributed by atoms with van der Waals surface area (Å²) in [5.41, 5.74) is 2.55. The third-order valence-corrected chi connectivity index (χ3v) is 4.28. The average molecular weight is 257 g/mol. The van der Waals surface area contributed by atoms with E-state index in [1.165, 1.54) is 29.4 Å². The molecule has 0 aliphatic carbocycles. The molecule has 1 aliphatic rings. The van der Waals surface area contributed by atoms with E-state index in [-0.39, 0.29) is 0 Å². The van der Waals surface area contributed by atoms with Gasteiger partial charge in [-0.2, -0.15) is 5.10 Å². The van der Waals surface area contributed by atoms with Crippen LogP contribution >= 0.6 is 0 Å². The van der Waals surface area contributed by atoms with Crippen molar-refractivity contribution in [2.24, 2.45) is 5.92 Å². The lowest BCUT2D eigenvalue weighted by Crippen LogP contribution is -2.37. The van der Waals surface area contributed by atoms with E-state index in [4.69, 9.17) is 5.10 Å². The second-order valence-electron chi connectivity index (χ2n) is 5.74. The highest BCUT2D eigenvalue weighted by Gasteiger charge is 2.20. The molecule has 2 atom stereocenters. The minimum Gasteiger partial charge on any atom is -0.314 e. The van der Waals surface area contributed by atoms with Crippen LogP contribution < -0.4 is 5.32 Å². The fourth-order valence-corrected chi connectivity index (χ4v) is 3.09. The zero-order valence-corrected chi connectivity index (χ0v) is 11.9. The summed E-state index contributed by atoms with van der Waals surface area (Å²) >= 11 is 0. The molecule has 3 rings (SSSR count). The summed E-state index contributed by atoms with van der Waals surface area (Å²) in [4.78, 5) is 0. The third kappa shape index (κ3) is 2.52. The molecule has 1 aliphatic heterocycles. The summed E-state index contributed by atoms with van der Waals surface area (Å²) in [6.07, 6.45) is 3.71. The number of nitrogens with zero attached hydrogens (tertiary/aromatic N) is 2. The number of nitrogens with one attached hydrogen (secondary N) is 1. The van der Waals surface area contributed by atoms with Crippen molar-refractivity contribution in [1.82, 2.24) is 15.1 Å². The standard InChI is InChI=1S/C16H23N3/c1-3-19-16-7-5-4-6-14(16)15(18-19)10-13-9-8-12(2)17-11-13/h4-7,12-13,17H,3,8-11H2,1-2H3. The maximum Gasteiger partial charge on any atom is 0.0706 e. The highest BCUT2D eigenvalue weighted by Crippen LogP contribution is 2.24. The number of para-hydroxylation sites is 1. The highest BCUT2D eigenvalue weighted by molar-refractivity contribution is 5.81. The van der Waals surface area contributed by atoms with Crippen molar-refractivity contribution in [3.63, 3.8) is 0 Å². The van der Waals surface area contributed by atoms with Crippen LogP contribution in [0.5, 0.6) is 0 Å². The van der Waals surface area contributed by atoms with Gasteiger partial charge in [-0.25, -0.2) is 0 Å². The lowest BCUT2D eigenvalue weighted by Gasteiger charge is -2.27. The molecule has 1 fully saturated rings. The van der Waals surface area contributed by atoms with Crippen molar-refractivity contribution in [2.75, 3.05) is 6.54 Å². The monoisotopic (exact) mass is 257 g/mol. The van der Waals surface area contributed by atoms with Crippen molar-refractivity contribution >= 4 is 10.9 Å². The summed E-state index contributed by atoms with van der Waals surface area (Å²) in [6, 6.07) is 9.29. The zero-order chi connectivity index (χ0) is 13.2. The number of aryl methyl sites for hydroxylation is 1. The summed E-state index contributed by atoms with van der Waals surface area (Å²) in [5.74, 6) is 0.736. The van der Waals surface area contributed by atoms with Crippen LogP contribution in [-0.4, -0.2) is 22.4 Å². The number of rotatable bonds is 3. The normalized spacial score (nSPS) is 23.9. The van der Waals surface area contributed by atoms with Crippen LogP contribution in [0.3, 0.4) is 0 Å². The van der Waals surface area contributed by atoms with Crippen molar-refractivity contribution in [3.05, 3.63) is 30.0 Å². The predicted octanol–water partition coefficient (Wildman–Crippen LogP) is 2.99. The number of hydrogen-bond donors (Lipinski definition) is 1. The van der Waals surface area contributed by atoms with Crippen LogP contribution in [0, 0.1) is 5.92 Å². The van der Waals surface area contributed by atoms with Gasteiger partial charge in [0, 0.05) is 18.0 Å². The Morgan fingerprint density at radius 1 is 1.32 bits per heavy atom. The number of fused-ring (bicyclic) bond motifs is 1. The lowest BCUT2D eigenvalue weighted by atomic mass is 9.91. The Morgan fingerprint density at radius 3 is 2.89 bits per heavy atom. The van der Waals surface area contributed by atoms with Gasteiger partial charge in [-0.1, -0.05) is 18.2 Å². The van der Waals surface area contributed by atoms with Crippen LogP contribution in [0.1, 0.15) is 32.4 Å². The molecule has 0 bridgehead atoms. The maximum atomic E-state index is 4.81. The molecule has 0 radical (unpaired) electrons. The topological polar surface area (TPSA) is 29.9 Å². The SMILES string of the molecule is CCn1nc(CC2CCC(C)NC2)c2ccccc21. The van der Waals surface area contributed by atoms with Gasteiger partial charge in [0.05, 0.1) is 11.2 Å². The van der Waals surface area contributed by atoms with Crippen molar-refractivity contribution in [3.8, 4) is 0 Å². The van der Waals surface area contributed by atoms with Gasteiger partial charge >= 0.3 is 0 Å². The quantitative estimate of drug-likeness (QED) is 0.916. The molecule has 2 heterocycles. The van der Waals surface area contributed by atoms with E-state index in [0.29, 0.717) is 6.04 Å². The van der Waals surface area contributed by atoms with Crippen LogP contribution in [-0.2, 0) is 13.0 Å². The highest BCUT2D eigenvalue weighted by atomic mass is 15.3. The Kier molecular flexibility index (Phi) is 3.56. The maximum absolute atomic E-state index is 4.81. The van der Waals surface area contributed by atoms with Gasteiger partial charge < -0.3 is 5.32 Å². The van der Waals surface area contributed by atoms with E-state index in [1.54, 1.807) is 0 Å². The van der Waals surface area contributed by atoms with E-state index in [9.17, 15) is 0 Å². The van der Waals surface area contributed by atoms with Crippen LogP contribution in [0.2, 0.25) is 0 Å². The van der Waals surface area contributed by atoms with Gasteiger partial charge in [0.15, 0.2) is 0 Å². The second kappa shape index (κ2) is 5.33. The van der Waals surface area contributed by atoms with Crippen LogP contribution in [0.15, 0.2) is 24.3 Å². The Balaban J connectivity index is 1.84. The molecular weight excluding hydrogens is 234 g/mol. The number of hydrogen-bond acceptors (Lipinski definition) is 2. The Hall–Kier alpha value is -1.35. The molecule has 0 spiro atoms. The van der Waals surface area contributed by atoms with Crippen molar-refractivity contribution in [1.29, 1.82) is 0 Å². The molecule has 3 heteroatoms. The van der Waals surface area contributed by atoms with Crippen LogP contribution in [0.25, 0.3) is 10.9 Å². The third-order valence-electron chi connectivity index (χ3n) is 4.28. The minimum absolute atomic E-state index is 0.682. The summed E-state index contributed by atoms with van der Waals surface area (Å²) in [6.45, 7) is 6.51. The number of piperidine rings is 1. The smallest absolute Gasteiger partial charge is 0.0706 e. The van der Waals surface area contributed by atoms with Gasteiger partial charge in [-0.3, -0.25) is 4.68 Å². The second-order valence-corrected chi connectivity index (χ2v) is 5.74. The molecular formula is C16H23N3. The van der Waals surface area contributed by atoms with E-state index in [0.717, 1.165) is 25.4 Å². The Bertz CT molecular complexity index is 550. The molecule has 1 saturated heterocycles. The molecule has 102 valence electrons. The van der Waals surface area contributed by atoms with Gasteiger partial charge in [-0.15, -0.1) is 0 Å². The van der Waals surface area contributed by atoms with E-state index < -0.39 is 0 Å². The molecule has 19 heavy (non-hydrogen) atoms. The molecule has 0 amide bonds. The number of aromatic nitrogens is 2. The first-order valence-electron chi connectivity index (χ1n) is 7.45. The molecule has 2 unspecified atom stereocenters. The molecule has 0 saturated carbocycles. The van der Waals surface area contributed by atoms with Gasteiger partial charge in [0.1, 0.15) is 0 Å². The van der Waals surface area contributed by atoms with Crippen molar-refractivity contribution < 1.29 is 0 Å². The Morgan fingerprint density at radius 2 is 2.16 bits per heavy atom. The average Bonchev–Trinajstić information content (AvgIpc) is 2.80. The largest absolute Gasteiger partial charge is 0.314 e. The van der Waals surface area contributed by atoms with Crippen molar-refractivity contribution in [2.45, 2.75) is 45.7 Å². The fraction of sp³-hybridized carbons (Fsp3) is 0.562. The molecule has 2 aromatic rings. The van der Waals surface area contributed by atoms with Gasteiger partial charge in [0.25, 0.3) is 0 Å². The minimum atomic E-state index is 0.682. The first-order chi connectivity index (χ1) is 9.28. The molecule has 1 N–H and O–H groups in total.